The molecule has 2 aromatic heterocycles. The van der Waals surface area contributed by atoms with Gasteiger partial charge in [0.2, 0.25) is 0 Å². The van der Waals surface area contributed by atoms with Gasteiger partial charge in [-0.3, -0.25) is 9.78 Å². The topological polar surface area (TPSA) is 55.7 Å². The van der Waals surface area contributed by atoms with Gasteiger partial charge >= 0.3 is 0 Å². The molecule has 0 unspecified atom stereocenters. The van der Waals surface area contributed by atoms with Crippen molar-refractivity contribution in [3.63, 3.8) is 0 Å². The summed E-state index contributed by atoms with van der Waals surface area (Å²) in [6.45, 7) is 0. The number of aromatic nitrogens is 3. The largest absolute Gasteiger partial charge is 0.288 e. The number of benzene rings is 1. The molecule has 0 fully saturated rings. The molecule has 4 heteroatoms. The van der Waals surface area contributed by atoms with Crippen LogP contribution in [-0.4, -0.2) is 20.7 Å². The summed E-state index contributed by atoms with van der Waals surface area (Å²) in [5.41, 5.74) is 1.88. The number of carbonyl (C=O) groups excluding carboxylic acids is 1. The van der Waals surface area contributed by atoms with Gasteiger partial charge in [0.05, 0.1) is 11.1 Å². The smallest absolute Gasteiger partial charge is 0.196 e. The molecule has 3 rings (SSSR count). The first kappa shape index (κ1) is 10.5. The van der Waals surface area contributed by atoms with Crippen molar-refractivity contribution in [2.45, 2.75) is 0 Å². The van der Waals surface area contributed by atoms with E-state index in [2.05, 4.69) is 15.0 Å². The van der Waals surface area contributed by atoms with Gasteiger partial charge in [0, 0.05) is 29.5 Å². The zero-order chi connectivity index (χ0) is 12.4. The number of carbonyl (C=O) groups is 1. The molecular formula is C14H9N3O. The van der Waals surface area contributed by atoms with E-state index >= 15 is 0 Å². The second-order valence-electron chi connectivity index (χ2n) is 3.87. The predicted molar refractivity (Wildman–Crippen MR) is 67.2 cm³/mol. The number of rotatable bonds is 2. The summed E-state index contributed by atoms with van der Waals surface area (Å²) in [7, 11) is 0. The molecule has 0 saturated carbocycles. The van der Waals surface area contributed by atoms with Crippen LogP contribution in [0.1, 0.15) is 15.9 Å². The van der Waals surface area contributed by atoms with E-state index in [0.29, 0.717) is 11.1 Å². The van der Waals surface area contributed by atoms with Gasteiger partial charge in [0.1, 0.15) is 6.33 Å². The molecule has 0 bridgehead atoms. The molecule has 0 saturated heterocycles. The third kappa shape index (κ3) is 1.84. The lowest BCUT2D eigenvalue weighted by molar-refractivity contribution is 0.103. The van der Waals surface area contributed by atoms with Gasteiger partial charge in [-0.2, -0.15) is 0 Å². The number of ketones is 1. The molecular weight excluding hydrogens is 226 g/mol. The number of fused-ring (bicyclic) bond motifs is 1. The Labute approximate surface area is 103 Å². The lowest BCUT2D eigenvalue weighted by Crippen LogP contribution is -2.02. The molecule has 0 atom stereocenters. The molecule has 0 amide bonds. The Bertz CT molecular complexity index is 710. The minimum absolute atomic E-state index is 0.0943. The van der Waals surface area contributed by atoms with E-state index in [9.17, 15) is 4.79 Å². The highest BCUT2D eigenvalue weighted by molar-refractivity contribution is 6.10. The number of pyridine rings is 1. The number of nitrogens with zero attached hydrogens (tertiary/aromatic N) is 3. The predicted octanol–water partition coefficient (Wildman–Crippen LogP) is 2.26. The van der Waals surface area contributed by atoms with Crippen molar-refractivity contribution in [1.29, 1.82) is 0 Å². The van der Waals surface area contributed by atoms with Gasteiger partial charge in [-0.15, -0.1) is 0 Å². The monoisotopic (exact) mass is 235 g/mol. The van der Waals surface area contributed by atoms with Crippen molar-refractivity contribution in [3.05, 3.63) is 66.4 Å². The van der Waals surface area contributed by atoms with E-state index in [1.54, 1.807) is 18.3 Å². The molecule has 86 valence electrons. The van der Waals surface area contributed by atoms with Crippen molar-refractivity contribution in [1.82, 2.24) is 15.0 Å². The zero-order valence-corrected chi connectivity index (χ0v) is 9.45. The van der Waals surface area contributed by atoms with Crippen LogP contribution in [0.15, 0.2) is 55.2 Å². The quantitative estimate of drug-likeness (QED) is 0.639. The maximum absolute atomic E-state index is 12.2. The molecule has 0 radical (unpaired) electrons. The van der Waals surface area contributed by atoms with Gasteiger partial charge in [-0.25, -0.2) is 9.97 Å². The summed E-state index contributed by atoms with van der Waals surface area (Å²) >= 11 is 0. The first-order valence-electron chi connectivity index (χ1n) is 5.49. The van der Waals surface area contributed by atoms with Gasteiger partial charge in [-0.05, 0) is 12.1 Å². The molecule has 1 aromatic carbocycles. The summed E-state index contributed by atoms with van der Waals surface area (Å²) in [4.78, 5) is 24.1. The van der Waals surface area contributed by atoms with Gasteiger partial charge in [-0.1, -0.05) is 18.2 Å². The van der Waals surface area contributed by atoms with E-state index in [1.807, 2.05) is 18.2 Å². The summed E-state index contributed by atoms with van der Waals surface area (Å²) in [5.74, 6) is -0.0943. The summed E-state index contributed by atoms with van der Waals surface area (Å²) in [5, 5.41) is 1.01. The maximum Gasteiger partial charge on any atom is 0.196 e. The van der Waals surface area contributed by atoms with Crippen LogP contribution in [0.5, 0.6) is 0 Å². The van der Waals surface area contributed by atoms with Crippen molar-refractivity contribution in [2.24, 2.45) is 0 Å². The van der Waals surface area contributed by atoms with Crippen molar-refractivity contribution < 1.29 is 4.79 Å². The normalized spacial score (nSPS) is 10.4. The Morgan fingerprint density at radius 2 is 1.83 bits per heavy atom. The fourth-order valence-electron chi connectivity index (χ4n) is 1.79. The maximum atomic E-state index is 12.2. The summed E-state index contributed by atoms with van der Waals surface area (Å²) in [6.07, 6.45) is 6.14. The zero-order valence-electron chi connectivity index (χ0n) is 9.45. The highest BCUT2D eigenvalue weighted by Gasteiger charge is 2.10. The fraction of sp³-hybridized carbons (Fsp3) is 0. The molecule has 4 nitrogen and oxygen atoms in total. The first-order chi connectivity index (χ1) is 8.84. The van der Waals surface area contributed by atoms with Crippen LogP contribution < -0.4 is 0 Å². The van der Waals surface area contributed by atoms with Crippen molar-refractivity contribution >= 4 is 16.7 Å². The van der Waals surface area contributed by atoms with E-state index in [0.717, 1.165) is 10.9 Å². The SMILES string of the molecule is O=C(c1cncnc1)c1ccc2cccnc2c1. The number of hydrogen-bond acceptors (Lipinski definition) is 4. The molecule has 18 heavy (non-hydrogen) atoms. The molecule has 0 aliphatic carbocycles. The Hall–Kier alpha value is -2.62. The summed E-state index contributed by atoms with van der Waals surface area (Å²) < 4.78 is 0. The second kappa shape index (κ2) is 4.33. The number of hydrogen-bond donors (Lipinski definition) is 0. The average molecular weight is 235 g/mol. The Morgan fingerprint density at radius 1 is 1.00 bits per heavy atom. The molecule has 0 aliphatic rings. The van der Waals surface area contributed by atoms with Crippen LogP contribution in [0.25, 0.3) is 10.9 Å². The Kier molecular flexibility index (Phi) is 2.53. The minimum Gasteiger partial charge on any atom is -0.288 e. The molecule has 0 spiro atoms. The van der Waals surface area contributed by atoms with Gasteiger partial charge < -0.3 is 0 Å². The fourth-order valence-corrected chi connectivity index (χ4v) is 1.79. The van der Waals surface area contributed by atoms with E-state index in [4.69, 9.17) is 0 Å². The van der Waals surface area contributed by atoms with Crippen molar-refractivity contribution in [2.75, 3.05) is 0 Å². The van der Waals surface area contributed by atoms with Crippen LogP contribution in [0.2, 0.25) is 0 Å². The van der Waals surface area contributed by atoms with Gasteiger partial charge in [0.25, 0.3) is 0 Å². The summed E-state index contributed by atoms with van der Waals surface area (Å²) in [6, 6.07) is 9.29. The van der Waals surface area contributed by atoms with Crippen LogP contribution in [0.4, 0.5) is 0 Å². The standard InChI is InChI=1S/C14H9N3O/c18-14(12-7-15-9-16-8-12)11-4-3-10-2-1-5-17-13(10)6-11/h1-9H. The van der Waals surface area contributed by atoms with E-state index in [-0.39, 0.29) is 5.78 Å². The minimum atomic E-state index is -0.0943. The van der Waals surface area contributed by atoms with Gasteiger partial charge in [0.15, 0.2) is 5.78 Å². The Balaban J connectivity index is 2.07. The third-order valence-electron chi connectivity index (χ3n) is 2.69. The average Bonchev–Trinajstić information content (AvgIpc) is 2.47. The van der Waals surface area contributed by atoms with Crippen molar-refractivity contribution in [3.8, 4) is 0 Å². The highest BCUT2D eigenvalue weighted by Crippen LogP contribution is 2.15. The molecule has 0 aliphatic heterocycles. The van der Waals surface area contributed by atoms with E-state index < -0.39 is 0 Å². The lowest BCUT2D eigenvalue weighted by atomic mass is 10.0. The first-order valence-corrected chi connectivity index (χ1v) is 5.49. The van der Waals surface area contributed by atoms with Crippen LogP contribution in [0, 0.1) is 0 Å². The van der Waals surface area contributed by atoms with Crippen LogP contribution in [0.3, 0.4) is 0 Å². The Morgan fingerprint density at radius 3 is 2.67 bits per heavy atom. The second-order valence-corrected chi connectivity index (χ2v) is 3.87. The molecule has 3 aromatic rings. The third-order valence-corrected chi connectivity index (χ3v) is 2.69. The van der Waals surface area contributed by atoms with Crippen LogP contribution in [-0.2, 0) is 0 Å². The molecule has 2 heterocycles. The highest BCUT2D eigenvalue weighted by atomic mass is 16.1. The van der Waals surface area contributed by atoms with Crippen LogP contribution >= 0.6 is 0 Å². The lowest BCUT2D eigenvalue weighted by Gasteiger charge is -2.02. The molecule has 0 N–H and O–H groups in total. The van der Waals surface area contributed by atoms with E-state index in [1.165, 1.54) is 18.7 Å².